The Kier molecular flexibility index (Phi) is 1.32. The van der Waals surface area contributed by atoms with Gasteiger partial charge in [0.15, 0.2) is 9.84 Å². The number of aromatic carboxylic acids is 1. The third kappa shape index (κ3) is 2.24. The molecule has 0 saturated heterocycles. The van der Waals surface area contributed by atoms with Crippen molar-refractivity contribution in [1.29, 1.82) is 0 Å². The first-order valence-corrected chi connectivity index (χ1v) is 4.97. The van der Waals surface area contributed by atoms with Gasteiger partial charge in [0.25, 0.3) is 0 Å². The Hall–Kier alpha value is -1.07. The van der Waals surface area contributed by atoms with E-state index >= 15 is 0 Å². The molecule has 0 saturated carbocycles. The summed E-state index contributed by atoms with van der Waals surface area (Å²) in [5, 5.41) is 7.92. The molecule has 0 unspecified atom stereocenters. The average Bonchev–Trinajstić information content (AvgIpc) is 2.24. The molecule has 0 amide bonds. The molecule has 0 bridgehead atoms. The molecule has 1 aromatic rings. The van der Waals surface area contributed by atoms with Crippen LogP contribution in [0.15, 0.2) is 23.0 Å². The van der Waals surface area contributed by atoms with Crippen molar-refractivity contribution in [3.8, 4) is 0 Å². The first kappa shape index (κ1) is 5.14. The van der Waals surface area contributed by atoms with Crippen molar-refractivity contribution in [3.63, 3.8) is 0 Å². The minimum Gasteiger partial charge on any atom is -0.478 e. The van der Waals surface area contributed by atoms with Gasteiger partial charge in [-0.25, -0.2) is 13.2 Å². The van der Waals surface area contributed by atoms with Crippen LogP contribution in [0.3, 0.4) is 0 Å². The van der Waals surface area contributed by atoms with Crippen molar-refractivity contribution in [2.45, 2.75) is 4.90 Å². The third-order valence-electron chi connectivity index (χ3n) is 1.23. The second-order valence-electron chi connectivity index (χ2n) is 2.20. The zero-order chi connectivity index (χ0) is 16.0. The highest BCUT2D eigenvalue weighted by Crippen LogP contribution is 2.20. The van der Waals surface area contributed by atoms with Crippen molar-refractivity contribution in [3.05, 3.63) is 28.7 Å². The lowest BCUT2D eigenvalue weighted by Crippen LogP contribution is -2.01. The van der Waals surface area contributed by atoms with Crippen LogP contribution >= 0.6 is 11.6 Å². The minimum absolute atomic E-state index is 0.902. The van der Waals surface area contributed by atoms with E-state index in [1.807, 2.05) is 0 Å². The van der Waals surface area contributed by atoms with Crippen LogP contribution in [0.25, 0.3) is 0 Å². The zero-order valence-electron chi connectivity index (χ0n) is 12.5. The van der Waals surface area contributed by atoms with Gasteiger partial charge < -0.3 is 5.11 Å². The van der Waals surface area contributed by atoms with Gasteiger partial charge in [0.05, 0.1) is 19.6 Å². The summed E-state index contributed by atoms with van der Waals surface area (Å²) >= 11 is 5.51. The molecule has 0 spiro atoms. The van der Waals surface area contributed by atoms with Crippen molar-refractivity contribution in [1.82, 2.24) is 0 Å². The maximum absolute atomic E-state index is 11.8. The van der Waals surface area contributed by atoms with Crippen LogP contribution in [-0.2, 0) is 9.84 Å². The lowest BCUT2D eigenvalue weighted by molar-refractivity contribution is 0.0697. The smallest absolute Gasteiger partial charge is 0.337 e. The Morgan fingerprint density at radius 2 is 2.29 bits per heavy atom. The number of hydrogen-bond donors (Lipinski definition) is 1. The number of hydrogen-bond acceptors (Lipinski definition) is 3. The summed E-state index contributed by atoms with van der Waals surface area (Å²) < 4.78 is 66.6. The van der Waals surface area contributed by atoms with Gasteiger partial charge in [0.2, 0.25) is 0 Å². The maximum Gasteiger partial charge on any atom is 0.337 e. The van der Waals surface area contributed by atoms with Crippen molar-refractivity contribution < 1.29 is 26.5 Å². The highest BCUT2D eigenvalue weighted by molar-refractivity contribution is 7.90. The van der Waals surface area contributed by atoms with Crippen LogP contribution in [0.4, 0.5) is 0 Å². The van der Waals surface area contributed by atoms with Gasteiger partial charge in [-0.1, -0.05) is 11.6 Å². The fraction of sp³-hybridized carbons (Fsp3) is 0.125. The lowest BCUT2D eigenvalue weighted by atomic mass is 10.2. The van der Waals surface area contributed by atoms with Gasteiger partial charge in [0.1, 0.15) is 0 Å². The fourth-order valence-electron chi connectivity index (χ4n) is 0.649. The minimum atomic E-state index is -5.10. The molecular weight excluding hydrogens is 228 g/mol. The Bertz CT molecular complexity index is 667. The second kappa shape index (κ2) is 3.59. The molecule has 0 aliphatic rings. The molecule has 1 N–H and O–H groups in total. The normalized spacial score (nSPS) is 18.4. The molecule has 1 aromatic carbocycles. The maximum atomic E-state index is 11.8. The SMILES string of the molecule is [2H]c1c([2H])c(S(=O)(=O)C([2H])([2H])[2H])c([2H])c(Cl)c1C(=O)O. The summed E-state index contributed by atoms with van der Waals surface area (Å²) in [6, 6.07) is -3.38. The zero-order valence-corrected chi connectivity index (χ0v) is 8.03. The summed E-state index contributed by atoms with van der Waals surface area (Å²) in [4.78, 5) is 9.59. The van der Waals surface area contributed by atoms with Crippen LogP contribution in [-0.4, -0.2) is 25.7 Å². The number of sulfone groups is 1. The molecule has 0 heterocycles. The summed E-state index contributed by atoms with van der Waals surface area (Å²) in [5.41, 5.74) is -0.925. The molecule has 1 rings (SSSR count). The topological polar surface area (TPSA) is 71.4 Å². The molecule has 0 radical (unpaired) electrons. The standard InChI is InChI=1S/C8H7ClO4S/c1-14(12,13)5-2-3-6(8(10)11)7(9)4-5/h2-4H,1H3,(H,10,11)/i1D3,2D,3D,4D. The third-order valence-corrected chi connectivity index (χ3v) is 2.25. The highest BCUT2D eigenvalue weighted by Gasteiger charge is 2.13. The molecule has 6 heteroatoms. The highest BCUT2D eigenvalue weighted by atomic mass is 35.5. The van der Waals surface area contributed by atoms with Crippen LogP contribution in [0.5, 0.6) is 0 Å². The van der Waals surface area contributed by atoms with Gasteiger partial charge >= 0.3 is 5.97 Å². The van der Waals surface area contributed by atoms with E-state index in [9.17, 15) is 13.2 Å². The van der Waals surface area contributed by atoms with Crippen LogP contribution in [0, 0.1) is 0 Å². The summed E-state index contributed by atoms with van der Waals surface area (Å²) in [6.07, 6.45) is -3.56. The van der Waals surface area contributed by atoms with Crippen LogP contribution in [0.1, 0.15) is 18.6 Å². The largest absolute Gasteiger partial charge is 0.478 e. The molecule has 4 nitrogen and oxygen atoms in total. The van der Waals surface area contributed by atoms with E-state index < -0.39 is 55.6 Å². The van der Waals surface area contributed by atoms with E-state index in [1.54, 1.807) is 0 Å². The van der Waals surface area contributed by atoms with Gasteiger partial charge in [0, 0.05) is 10.3 Å². The van der Waals surface area contributed by atoms with Gasteiger partial charge in [-0.2, -0.15) is 0 Å². The second-order valence-corrected chi connectivity index (χ2v) is 3.99. The summed E-state index contributed by atoms with van der Waals surface area (Å²) in [7, 11) is -5.10. The van der Waals surface area contributed by atoms with Gasteiger partial charge in [-0.3, -0.25) is 0 Å². The van der Waals surface area contributed by atoms with E-state index in [-0.39, 0.29) is 0 Å². The monoisotopic (exact) mass is 240 g/mol. The summed E-state index contributed by atoms with van der Waals surface area (Å²) in [5.74, 6) is -1.72. The first-order chi connectivity index (χ1) is 8.84. The van der Waals surface area contributed by atoms with E-state index in [1.165, 1.54) is 0 Å². The molecule has 0 aromatic heterocycles. The average molecular weight is 241 g/mol. The molecule has 0 aliphatic carbocycles. The number of carboxylic acid groups (broad SMARTS) is 1. The van der Waals surface area contributed by atoms with Crippen molar-refractivity contribution >= 4 is 27.4 Å². The molecule has 0 aliphatic heterocycles. The van der Waals surface area contributed by atoms with Crippen molar-refractivity contribution in [2.75, 3.05) is 6.18 Å². The Balaban J connectivity index is 3.93. The summed E-state index contributed by atoms with van der Waals surface area (Å²) in [6.45, 7) is 0. The van der Waals surface area contributed by atoms with E-state index in [2.05, 4.69) is 0 Å². The van der Waals surface area contributed by atoms with Gasteiger partial charge in [-0.05, 0) is 18.1 Å². The van der Waals surface area contributed by atoms with Gasteiger partial charge in [-0.15, -0.1) is 0 Å². The van der Waals surface area contributed by atoms with Crippen molar-refractivity contribution in [2.24, 2.45) is 0 Å². The van der Waals surface area contributed by atoms with E-state index in [4.69, 9.17) is 24.9 Å². The molecular formula is C8H7ClO4S. The lowest BCUT2D eigenvalue weighted by Gasteiger charge is -2.01. The quantitative estimate of drug-likeness (QED) is 0.849. The number of carbonyl (C=O) groups is 1. The van der Waals surface area contributed by atoms with Crippen LogP contribution in [0.2, 0.25) is 5.02 Å². The van der Waals surface area contributed by atoms with E-state index in [0.717, 1.165) is 0 Å². The van der Waals surface area contributed by atoms with E-state index in [0.29, 0.717) is 0 Å². The molecule has 14 heavy (non-hydrogen) atoms. The Labute approximate surface area is 94.5 Å². The Morgan fingerprint density at radius 3 is 2.79 bits per heavy atom. The number of benzene rings is 1. The van der Waals surface area contributed by atoms with Crippen LogP contribution < -0.4 is 0 Å². The number of carboxylic acids is 1. The predicted octanol–water partition coefficient (Wildman–Crippen LogP) is 1.44. The molecule has 0 fully saturated rings. The Morgan fingerprint density at radius 1 is 1.64 bits per heavy atom. The fourth-order valence-corrected chi connectivity index (χ4v) is 1.35. The predicted molar refractivity (Wildman–Crippen MR) is 51.5 cm³/mol. The number of rotatable bonds is 2. The first-order valence-electron chi connectivity index (χ1n) is 6.11. The number of halogens is 1. The molecule has 0 atom stereocenters. The molecule has 76 valence electrons.